The monoisotopic (exact) mass is 330 g/mol. The van der Waals surface area contributed by atoms with Crippen molar-refractivity contribution in [1.82, 2.24) is 0 Å². The zero-order valence-electron chi connectivity index (χ0n) is 15.5. The molecule has 0 unspecified atom stereocenters. The van der Waals surface area contributed by atoms with Gasteiger partial charge in [-0.1, -0.05) is 26.7 Å². The molecule has 0 radical (unpaired) electrons. The quantitative estimate of drug-likeness (QED) is 0.400. The number of aromatic hydroxyl groups is 2. The summed E-state index contributed by atoms with van der Waals surface area (Å²) in [5.41, 5.74) is 3.22. The van der Waals surface area contributed by atoms with Gasteiger partial charge in [0.2, 0.25) is 0 Å². The second-order valence-corrected chi connectivity index (χ2v) is 9.10. The van der Waals surface area contributed by atoms with Crippen molar-refractivity contribution in [3.05, 3.63) is 23.3 Å². The maximum Gasteiger partial charge on any atom is 0.119 e. The van der Waals surface area contributed by atoms with Gasteiger partial charge in [0.15, 0.2) is 0 Å². The highest BCUT2D eigenvalue weighted by atomic mass is 16.3. The lowest BCUT2D eigenvalue weighted by atomic mass is 9.92. The Kier molecular flexibility index (Phi) is 5.13. The molecule has 0 aromatic heterocycles. The second kappa shape index (κ2) is 6.98. The molecule has 0 spiro atoms. The van der Waals surface area contributed by atoms with E-state index in [2.05, 4.69) is 13.8 Å². The molecule has 134 valence electrons. The molecule has 2 N–H and O–H groups in total. The first-order valence-electron chi connectivity index (χ1n) is 9.94. The predicted octanol–water partition coefficient (Wildman–Crippen LogP) is 6.12. The van der Waals surface area contributed by atoms with Crippen LogP contribution >= 0.6 is 0 Å². The van der Waals surface area contributed by atoms with Gasteiger partial charge in [0, 0.05) is 11.1 Å². The largest absolute Gasteiger partial charge is 0.508 e. The summed E-state index contributed by atoms with van der Waals surface area (Å²) in [6.07, 6.45) is 14.6. The predicted molar refractivity (Wildman–Crippen MR) is 99.6 cm³/mol. The molecular weight excluding hydrogens is 296 g/mol. The van der Waals surface area contributed by atoms with Crippen molar-refractivity contribution in [2.45, 2.75) is 90.9 Å². The molecule has 2 fully saturated rings. The average Bonchev–Trinajstić information content (AvgIpc) is 3.45. The van der Waals surface area contributed by atoms with E-state index in [1.807, 2.05) is 0 Å². The van der Waals surface area contributed by atoms with Gasteiger partial charge >= 0.3 is 0 Å². The van der Waals surface area contributed by atoms with E-state index < -0.39 is 0 Å². The molecule has 24 heavy (non-hydrogen) atoms. The molecule has 2 heteroatoms. The lowest BCUT2D eigenvalue weighted by Crippen LogP contribution is -2.00. The van der Waals surface area contributed by atoms with Crippen molar-refractivity contribution in [2.75, 3.05) is 0 Å². The molecule has 0 amide bonds. The summed E-state index contributed by atoms with van der Waals surface area (Å²) in [5, 5.41) is 20.5. The van der Waals surface area contributed by atoms with Crippen LogP contribution in [0.2, 0.25) is 0 Å². The van der Waals surface area contributed by atoms with E-state index in [0.717, 1.165) is 36.8 Å². The Hall–Kier alpha value is -1.18. The van der Waals surface area contributed by atoms with Crippen molar-refractivity contribution in [3.63, 3.8) is 0 Å². The third kappa shape index (κ3) is 4.68. The summed E-state index contributed by atoms with van der Waals surface area (Å²) in [6, 6.07) is 3.31. The lowest BCUT2D eigenvalue weighted by molar-refractivity contribution is 0.438. The Bertz CT molecular complexity index is 517. The van der Waals surface area contributed by atoms with Crippen molar-refractivity contribution in [3.8, 4) is 11.5 Å². The van der Waals surface area contributed by atoms with Crippen LogP contribution < -0.4 is 0 Å². The molecular formula is C22H34O2. The van der Waals surface area contributed by atoms with E-state index in [9.17, 15) is 10.2 Å². The lowest BCUT2D eigenvalue weighted by Gasteiger charge is -2.15. The Morgan fingerprint density at radius 1 is 0.708 bits per heavy atom. The van der Waals surface area contributed by atoms with Crippen LogP contribution in [-0.4, -0.2) is 10.2 Å². The number of benzene rings is 1. The van der Waals surface area contributed by atoms with Crippen LogP contribution in [0.3, 0.4) is 0 Å². The maximum atomic E-state index is 10.3. The summed E-state index contributed by atoms with van der Waals surface area (Å²) < 4.78 is 0. The molecule has 2 saturated carbocycles. The molecule has 0 heterocycles. The molecule has 2 aliphatic rings. The summed E-state index contributed by atoms with van der Waals surface area (Å²) in [4.78, 5) is 0. The highest BCUT2D eigenvalue weighted by Gasteiger charge is 2.36. The van der Waals surface area contributed by atoms with E-state index in [4.69, 9.17) is 0 Å². The van der Waals surface area contributed by atoms with Gasteiger partial charge in [0.1, 0.15) is 11.5 Å². The minimum absolute atomic E-state index is 0.370. The number of hydrogen-bond donors (Lipinski definition) is 2. The van der Waals surface area contributed by atoms with Crippen molar-refractivity contribution in [2.24, 2.45) is 10.8 Å². The number of hydrogen-bond acceptors (Lipinski definition) is 2. The molecule has 1 aromatic rings. The maximum absolute atomic E-state index is 10.3. The van der Waals surface area contributed by atoms with Gasteiger partial charge in [-0.25, -0.2) is 0 Å². The Morgan fingerprint density at radius 2 is 1.08 bits per heavy atom. The third-order valence-corrected chi connectivity index (χ3v) is 6.50. The summed E-state index contributed by atoms with van der Waals surface area (Å²) >= 11 is 0. The highest BCUT2D eigenvalue weighted by Crippen LogP contribution is 2.50. The minimum atomic E-state index is 0.370. The molecule has 0 saturated heterocycles. The van der Waals surface area contributed by atoms with Crippen molar-refractivity contribution >= 4 is 0 Å². The van der Waals surface area contributed by atoms with Crippen LogP contribution in [-0.2, 0) is 12.8 Å². The number of rotatable bonds is 10. The fourth-order valence-electron chi connectivity index (χ4n) is 3.86. The van der Waals surface area contributed by atoms with Gasteiger partial charge in [-0.15, -0.1) is 0 Å². The van der Waals surface area contributed by atoms with E-state index >= 15 is 0 Å². The van der Waals surface area contributed by atoms with Crippen molar-refractivity contribution in [1.29, 1.82) is 0 Å². The molecule has 3 rings (SSSR count). The first-order valence-corrected chi connectivity index (χ1v) is 9.94. The fraction of sp³-hybridized carbons (Fsp3) is 0.727. The number of phenols is 2. The van der Waals surface area contributed by atoms with Crippen LogP contribution in [0, 0.1) is 10.8 Å². The molecule has 0 atom stereocenters. The van der Waals surface area contributed by atoms with Crippen LogP contribution in [0.5, 0.6) is 11.5 Å². The van der Waals surface area contributed by atoms with E-state index in [1.54, 1.807) is 12.1 Å². The topological polar surface area (TPSA) is 40.5 Å². The standard InChI is InChI=1S/C22H34O2/c1-21(13-14-21)11-5-3-7-17-18(20(24)10-9-19(17)23)8-4-6-12-22(2)15-16-22/h9-10,23-24H,3-8,11-16H2,1-2H3. The Balaban J connectivity index is 1.51. The van der Waals surface area contributed by atoms with Crippen LogP contribution in [0.4, 0.5) is 0 Å². The van der Waals surface area contributed by atoms with Gasteiger partial charge in [-0.2, -0.15) is 0 Å². The summed E-state index contributed by atoms with van der Waals surface area (Å²) in [6.45, 7) is 4.76. The Morgan fingerprint density at radius 3 is 1.42 bits per heavy atom. The molecule has 1 aromatic carbocycles. The molecule has 0 aliphatic heterocycles. The van der Waals surface area contributed by atoms with Crippen LogP contribution in [0.1, 0.15) is 89.2 Å². The summed E-state index contributed by atoms with van der Waals surface area (Å²) in [7, 11) is 0. The smallest absolute Gasteiger partial charge is 0.119 e. The van der Waals surface area contributed by atoms with Crippen molar-refractivity contribution < 1.29 is 10.2 Å². The van der Waals surface area contributed by atoms with Gasteiger partial charge < -0.3 is 10.2 Å². The van der Waals surface area contributed by atoms with E-state index in [1.165, 1.54) is 51.4 Å². The Labute approximate surface area is 147 Å². The zero-order valence-corrected chi connectivity index (χ0v) is 15.5. The van der Waals surface area contributed by atoms with Crippen LogP contribution in [0.25, 0.3) is 0 Å². The van der Waals surface area contributed by atoms with E-state index in [-0.39, 0.29) is 0 Å². The minimum Gasteiger partial charge on any atom is -0.508 e. The van der Waals surface area contributed by atoms with Gasteiger partial charge in [-0.3, -0.25) is 0 Å². The first-order chi connectivity index (χ1) is 11.4. The number of phenolic OH excluding ortho intramolecular Hbond substituents is 2. The highest BCUT2D eigenvalue weighted by molar-refractivity contribution is 5.47. The SMILES string of the molecule is CC1(CCCCc2c(O)ccc(O)c2CCCCC2(C)CC2)CC1. The third-order valence-electron chi connectivity index (χ3n) is 6.50. The number of unbranched alkanes of at least 4 members (excludes halogenated alkanes) is 2. The molecule has 0 bridgehead atoms. The second-order valence-electron chi connectivity index (χ2n) is 9.10. The first kappa shape index (κ1) is 17.6. The van der Waals surface area contributed by atoms with Gasteiger partial charge in [-0.05, 0) is 87.2 Å². The van der Waals surface area contributed by atoms with Gasteiger partial charge in [0.25, 0.3) is 0 Å². The van der Waals surface area contributed by atoms with Gasteiger partial charge in [0.05, 0.1) is 0 Å². The van der Waals surface area contributed by atoms with Crippen LogP contribution in [0.15, 0.2) is 12.1 Å². The summed E-state index contributed by atoms with van der Waals surface area (Å²) in [5.74, 6) is 0.740. The zero-order chi connectivity index (χ0) is 17.2. The molecule has 2 nitrogen and oxygen atoms in total. The average molecular weight is 331 g/mol. The fourth-order valence-corrected chi connectivity index (χ4v) is 3.86. The normalized spacial score (nSPS) is 20.1. The van der Waals surface area contributed by atoms with E-state index in [0.29, 0.717) is 22.3 Å². The molecule has 2 aliphatic carbocycles.